The lowest BCUT2D eigenvalue weighted by Gasteiger charge is -2.33. The Morgan fingerprint density at radius 2 is 1.70 bits per heavy atom. The second-order valence-electron chi connectivity index (χ2n) is 7.03. The van der Waals surface area contributed by atoms with E-state index in [0.29, 0.717) is 19.0 Å². The molecule has 1 saturated heterocycles. The van der Waals surface area contributed by atoms with Crippen LogP contribution in [0.25, 0.3) is 0 Å². The van der Waals surface area contributed by atoms with Gasteiger partial charge in [0.15, 0.2) is 5.78 Å². The van der Waals surface area contributed by atoms with Crippen molar-refractivity contribution in [2.45, 2.75) is 38.6 Å². The van der Waals surface area contributed by atoms with Crippen molar-refractivity contribution in [3.05, 3.63) is 64.1 Å². The van der Waals surface area contributed by atoms with E-state index in [0.717, 1.165) is 40.7 Å². The lowest BCUT2D eigenvalue weighted by Crippen LogP contribution is -2.41. The number of rotatable bonds is 6. The van der Waals surface area contributed by atoms with E-state index in [-0.39, 0.29) is 11.7 Å². The van der Waals surface area contributed by atoms with Crippen LogP contribution in [-0.2, 0) is 0 Å². The Bertz CT molecular complexity index is 787. The first-order chi connectivity index (χ1) is 13.0. The Balaban J connectivity index is 1.51. The maximum atomic E-state index is 12.7. The van der Waals surface area contributed by atoms with Crippen molar-refractivity contribution >= 4 is 33.3 Å². The number of anilines is 1. The number of carbonyl (C=O) groups is 2. The molecule has 5 heteroatoms. The summed E-state index contributed by atoms with van der Waals surface area (Å²) in [5.74, 6) is 0.222. The second kappa shape index (κ2) is 9.18. The lowest BCUT2D eigenvalue weighted by atomic mass is 10.0. The standard InChI is InChI=1S/C22H25BrN2O2/c1-16-4-2-3-15-25(16)22(27)18-7-11-20(12-8-18)24-14-13-21(26)17-5-9-19(23)10-6-17/h5-12,16,24H,2-4,13-15H2,1H3/t16-/m0/s1. The van der Waals surface area contributed by atoms with Gasteiger partial charge in [-0.2, -0.15) is 0 Å². The van der Waals surface area contributed by atoms with Crippen molar-refractivity contribution in [3.63, 3.8) is 0 Å². The zero-order valence-corrected chi connectivity index (χ0v) is 17.2. The Hall–Kier alpha value is -2.14. The van der Waals surface area contributed by atoms with Gasteiger partial charge < -0.3 is 10.2 Å². The van der Waals surface area contributed by atoms with Crippen LogP contribution >= 0.6 is 15.9 Å². The fourth-order valence-electron chi connectivity index (χ4n) is 3.40. The largest absolute Gasteiger partial charge is 0.385 e. The summed E-state index contributed by atoms with van der Waals surface area (Å²) in [7, 11) is 0. The zero-order chi connectivity index (χ0) is 19.2. The van der Waals surface area contributed by atoms with Crippen LogP contribution in [0.3, 0.4) is 0 Å². The molecule has 1 aliphatic heterocycles. The molecule has 1 aliphatic rings. The highest BCUT2D eigenvalue weighted by Gasteiger charge is 2.23. The molecule has 2 aromatic rings. The number of benzene rings is 2. The van der Waals surface area contributed by atoms with Crippen LogP contribution in [0.4, 0.5) is 5.69 Å². The van der Waals surface area contributed by atoms with Gasteiger partial charge in [-0.05, 0) is 62.6 Å². The molecule has 27 heavy (non-hydrogen) atoms. The van der Waals surface area contributed by atoms with E-state index in [4.69, 9.17) is 0 Å². The third kappa shape index (κ3) is 5.19. The lowest BCUT2D eigenvalue weighted by molar-refractivity contribution is 0.0635. The van der Waals surface area contributed by atoms with Gasteiger partial charge in [0.25, 0.3) is 5.91 Å². The van der Waals surface area contributed by atoms with E-state index in [1.165, 1.54) is 6.42 Å². The number of nitrogens with one attached hydrogen (secondary N) is 1. The van der Waals surface area contributed by atoms with Crippen molar-refractivity contribution in [1.82, 2.24) is 4.90 Å². The average Bonchev–Trinajstić information content (AvgIpc) is 2.69. The van der Waals surface area contributed by atoms with E-state index in [2.05, 4.69) is 28.2 Å². The molecule has 142 valence electrons. The van der Waals surface area contributed by atoms with Gasteiger partial charge in [-0.15, -0.1) is 0 Å². The number of halogens is 1. The Morgan fingerprint density at radius 1 is 1.04 bits per heavy atom. The number of piperidine rings is 1. The number of ketones is 1. The maximum absolute atomic E-state index is 12.7. The van der Waals surface area contributed by atoms with Gasteiger partial charge in [-0.25, -0.2) is 0 Å². The number of nitrogens with zero attached hydrogens (tertiary/aromatic N) is 1. The Morgan fingerprint density at radius 3 is 2.37 bits per heavy atom. The third-order valence-electron chi connectivity index (χ3n) is 5.04. The average molecular weight is 429 g/mol. The number of likely N-dealkylation sites (tertiary alicyclic amines) is 1. The van der Waals surface area contributed by atoms with E-state index >= 15 is 0 Å². The van der Waals surface area contributed by atoms with Crippen LogP contribution < -0.4 is 5.32 Å². The molecular formula is C22H25BrN2O2. The van der Waals surface area contributed by atoms with Crippen LogP contribution in [-0.4, -0.2) is 35.7 Å². The maximum Gasteiger partial charge on any atom is 0.254 e. The van der Waals surface area contributed by atoms with Gasteiger partial charge in [-0.1, -0.05) is 28.1 Å². The third-order valence-corrected chi connectivity index (χ3v) is 5.57. The van der Waals surface area contributed by atoms with Gasteiger partial charge in [0.1, 0.15) is 0 Å². The minimum atomic E-state index is 0.110. The second-order valence-corrected chi connectivity index (χ2v) is 7.94. The minimum Gasteiger partial charge on any atom is -0.385 e. The molecule has 0 aromatic heterocycles. The van der Waals surface area contributed by atoms with Crippen molar-refractivity contribution in [3.8, 4) is 0 Å². The molecule has 2 aromatic carbocycles. The van der Waals surface area contributed by atoms with Crippen LogP contribution in [0.2, 0.25) is 0 Å². The summed E-state index contributed by atoms with van der Waals surface area (Å²) in [5.41, 5.74) is 2.36. The molecule has 0 spiro atoms. The fraction of sp³-hybridized carbons (Fsp3) is 0.364. The van der Waals surface area contributed by atoms with Crippen molar-refractivity contribution in [2.24, 2.45) is 0 Å². The van der Waals surface area contributed by atoms with Crippen molar-refractivity contribution in [1.29, 1.82) is 0 Å². The van der Waals surface area contributed by atoms with Crippen molar-refractivity contribution < 1.29 is 9.59 Å². The highest BCUT2D eigenvalue weighted by molar-refractivity contribution is 9.10. The summed E-state index contributed by atoms with van der Waals surface area (Å²) >= 11 is 3.37. The van der Waals surface area contributed by atoms with Crippen LogP contribution in [0, 0.1) is 0 Å². The summed E-state index contributed by atoms with van der Waals surface area (Å²) in [6.07, 6.45) is 3.79. The molecule has 1 N–H and O–H groups in total. The van der Waals surface area contributed by atoms with E-state index in [1.54, 1.807) is 0 Å². The fourth-order valence-corrected chi connectivity index (χ4v) is 3.66. The van der Waals surface area contributed by atoms with Crippen LogP contribution in [0.15, 0.2) is 53.0 Å². The zero-order valence-electron chi connectivity index (χ0n) is 15.6. The normalized spacial score (nSPS) is 16.8. The first kappa shape index (κ1) is 19.6. The highest BCUT2D eigenvalue weighted by Crippen LogP contribution is 2.20. The number of hydrogen-bond donors (Lipinski definition) is 1. The highest BCUT2D eigenvalue weighted by atomic mass is 79.9. The Labute approximate surface area is 169 Å². The van der Waals surface area contributed by atoms with Crippen molar-refractivity contribution in [2.75, 3.05) is 18.4 Å². The minimum absolute atomic E-state index is 0.110. The molecule has 0 aliphatic carbocycles. The summed E-state index contributed by atoms with van der Waals surface area (Å²) in [5, 5.41) is 3.26. The number of Topliss-reactive ketones (excluding diaryl/α,β-unsaturated/α-hetero) is 1. The first-order valence-corrected chi connectivity index (χ1v) is 10.3. The van der Waals surface area contributed by atoms with Gasteiger partial charge in [-0.3, -0.25) is 9.59 Å². The van der Waals surface area contributed by atoms with Crippen LogP contribution in [0.5, 0.6) is 0 Å². The molecule has 0 saturated carbocycles. The van der Waals surface area contributed by atoms with Crippen LogP contribution in [0.1, 0.15) is 53.3 Å². The number of hydrogen-bond acceptors (Lipinski definition) is 3. The molecule has 1 atom stereocenters. The molecule has 4 nitrogen and oxygen atoms in total. The molecule has 1 heterocycles. The summed E-state index contributed by atoms with van der Waals surface area (Å²) in [6, 6.07) is 15.3. The predicted octanol–water partition coefficient (Wildman–Crippen LogP) is 5.15. The molecule has 0 radical (unpaired) electrons. The molecule has 3 rings (SSSR count). The molecule has 0 bridgehead atoms. The number of carbonyl (C=O) groups excluding carboxylic acids is 2. The van der Waals surface area contributed by atoms with E-state index < -0.39 is 0 Å². The summed E-state index contributed by atoms with van der Waals surface area (Å²) in [6.45, 7) is 3.53. The van der Waals surface area contributed by atoms with Gasteiger partial charge in [0, 0.05) is 46.8 Å². The molecular weight excluding hydrogens is 404 g/mol. The first-order valence-electron chi connectivity index (χ1n) is 9.48. The SMILES string of the molecule is C[C@H]1CCCCN1C(=O)c1ccc(NCCC(=O)c2ccc(Br)cc2)cc1. The molecule has 1 amide bonds. The summed E-state index contributed by atoms with van der Waals surface area (Å²) in [4.78, 5) is 26.8. The van der Waals surface area contributed by atoms with Gasteiger partial charge in [0.05, 0.1) is 0 Å². The van der Waals surface area contributed by atoms with E-state index in [1.807, 2.05) is 53.4 Å². The van der Waals surface area contributed by atoms with Gasteiger partial charge in [0.2, 0.25) is 0 Å². The Kier molecular flexibility index (Phi) is 6.67. The van der Waals surface area contributed by atoms with Gasteiger partial charge >= 0.3 is 0 Å². The molecule has 0 unspecified atom stereocenters. The predicted molar refractivity (Wildman–Crippen MR) is 112 cm³/mol. The quantitative estimate of drug-likeness (QED) is 0.647. The summed E-state index contributed by atoms with van der Waals surface area (Å²) < 4.78 is 0.964. The smallest absolute Gasteiger partial charge is 0.254 e. The monoisotopic (exact) mass is 428 g/mol. The van der Waals surface area contributed by atoms with E-state index in [9.17, 15) is 9.59 Å². The topological polar surface area (TPSA) is 49.4 Å². The number of amides is 1. The molecule has 1 fully saturated rings.